The van der Waals surface area contributed by atoms with E-state index in [-0.39, 0.29) is 5.54 Å². The summed E-state index contributed by atoms with van der Waals surface area (Å²) in [5.41, 5.74) is 6.28. The van der Waals surface area contributed by atoms with Gasteiger partial charge < -0.3 is 5.73 Å². The second kappa shape index (κ2) is 5.31. The van der Waals surface area contributed by atoms with E-state index >= 15 is 0 Å². The lowest BCUT2D eigenvalue weighted by Gasteiger charge is -2.48. The number of piperidine rings is 1. The van der Waals surface area contributed by atoms with Crippen LogP contribution in [0.1, 0.15) is 47.0 Å². The van der Waals surface area contributed by atoms with Crippen molar-refractivity contribution in [2.75, 3.05) is 19.6 Å². The summed E-state index contributed by atoms with van der Waals surface area (Å²) in [5, 5.41) is 0. The van der Waals surface area contributed by atoms with Gasteiger partial charge in [-0.05, 0) is 31.1 Å². The van der Waals surface area contributed by atoms with Gasteiger partial charge in [-0.25, -0.2) is 0 Å². The van der Waals surface area contributed by atoms with Crippen LogP contribution in [0.25, 0.3) is 0 Å². The molecule has 0 aromatic heterocycles. The molecule has 0 amide bonds. The Morgan fingerprint density at radius 3 is 1.93 bits per heavy atom. The van der Waals surface area contributed by atoms with Gasteiger partial charge in [0.1, 0.15) is 0 Å². The Morgan fingerprint density at radius 1 is 1.13 bits per heavy atom. The average molecular weight is 212 g/mol. The third-order valence-electron chi connectivity index (χ3n) is 4.24. The summed E-state index contributed by atoms with van der Waals surface area (Å²) in [6.45, 7) is 12.6. The average Bonchev–Trinajstić information content (AvgIpc) is 2.20. The van der Waals surface area contributed by atoms with E-state index in [4.69, 9.17) is 5.73 Å². The van der Waals surface area contributed by atoms with Crippen LogP contribution in [-0.4, -0.2) is 30.1 Å². The van der Waals surface area contributed by atoms with Crippen molar-refractivity contribution in [3.8, 4) is 0 Å². The number of rotatable bonds is 4. The highest BCUT2D eigenvalue weighted by Gasteiger charge is 2.36. The number of nitrogens with zero attached hydrogens (tertiary/aromatic N) is 1. The molecule has 1 aliphatic rings. The first kappa shape index (κ1) is 13.0. The maximum absolute atomic E-state index is 6.01. The molecule has 0 aromatic rings. The van der Waals surface area contributed by atoms with E-state index in [0.717, 1.165) is 18.4 Å². The fraction of sp³-hybridized carbons (Fsp3) is 1.00. The Hall–Kier alpha value is -0.0800. The van der Waals surface area contributed by atoms with Crippen molar-refractivity contribution in [1.82, 2.24) is 4.90 Å². The molecule has 2 unspecified atom stereocenters. The molecule has 15 heavy (non-hydrogen) atoms. The van der Waals surface area contributed by atoms with Crippen LogP contribution in [-0.2, 0) is 0 Å². The van der Waals surface area contributed by atoms with Crippen LogP contribution in [0.15, 0.2) is 0 Å². The summed E-state index contributed by atoms with van der Waals surface area (Å²) in [4.78, 5) is 2.66. The molecule has 90 valence electrons. The maximum atomic E-state index is 6.01. The van der Waals surface area contributed by atoms with E-state index in [1.54, 1.807) is 0 Å². The quantitative estimate of drug-likeness (QED) is 0.776. The normalized spacial score (nSPS) is 29.4. The second-order valence-corrected chi connectivity index (χ2v) is 5.49. The molecule has 1 heterocycles. The maximum Gasteiger partial charge on any atom is 0.0326 e. The van der Waals surface area contributed by atoms with Gasteiger partial charge in [0.25, 0.3) is 0 Å². The lowest BCUT2D eigenvalue weighted by Crippen LogP contribution is -2.57. The van der Waals surface area contributed by atoms with Gasteiger partial charge in [0.15, 0.2) is 0 Å². The highest BCUT2D eigenvalue weighted by Crippen LogP contribution is 2.30. The fourth-order valence-electron chi connectivity index (χ4n) is 3.17. The number of nitrogens with two attached hydrogens (primary N) is 1. The van der Waals surface area contributed by atoms with Crippen LogP contribution in [0.2, 0.25) is 0 Å². The summed E-state index contributed by atoms with van der Waals surface area (Å²) < 4.78 is 0. The summed E-state index contributed by atoms with van der Waals surface area (Å²) >= 11 is 0. The van der Waals surface area contributed by atoms with E-state index in [0.29, 0.717) is 0 Å². The van der Waals surface area contributed by atoms with Gasteiger partial charge in [-0.15, -0.1) is 0 Å². The molecule has 2 N–H and O–H groups in total. The highest BCUT2D eigenvalue weighted by molar-refractivity contribution is 4.92. The largest absolute Gasteiger partial charge is 0.329 e. The van der Waals surface area contributed by atoms with Gasteiger partial charge in [0.05, 0.1) is 0 Å². The zero-order chi connectivity index (χ0) is 11.5. The van der Waals surface area contributed by atoms with E-state index in [9.17, 15) is 0 Å². The fourth-order valence-corrected chi connectivity index (χ4v) is 3.17. The Bertz CT molecular complexity index is 169. The second-order valence-electron chi connectivity index (χ2n) is 5.49. The highest BCUT2D eigenvalue weighted by atomic mass is 15.2. The van der Waals surface area contributed by atoms with E-state index in [1.165, 1.54) is 32.4 Å². The molecule has 0 spiro atoms. The molecular formula is C13H28N2. The Labute approximate surface area is 95.2 Å². The lowest BCUT2D eigenvalue weighted by atomic mass is 9.84. The zero-order valence-electron chi connectivity index (χ0n) is 10.9. The van der Waals surface area contributed by atoms with Gasteiger partial charge >= 0.3 is 0 Å². The first-order chi connectivity index (χ1) is 7.07. The van der Waals surface area contributed by atoms with Gasteiger partial charge in [-0.2, -0.15) is 0 Å². The predicted molar refractivity (Wildman–Crippen MR) is 66.9 cm³/mol. The van der Waals surface area contributed by atoms with Crippen LogP contribution in [0.4, 0.5) is 0 Å². The summed E-state index contributed by atoms with van der Waals surface area (Å²) in [6.07, 6.45) is 3.74. The Kier molecular flexibility index (Phi) is 4.60. The first-order valence-electron chi connectivity index (χ1n) is 6.53. The molecule has 1 saturated heterocycles. The molecule has 2 heteroatoms. The van der Waals surface area contributed by atoms with Crippen LogP contribution in [0.5, 0.6) is 0 Å². The summed E-state index contributed by atoms with van der Waals surface area (Å²) in [6, 6.07) is 0. The standard InChI is InChI=1S/C13H28N2/c1-5-13(6-2,10-14)15-8-11(3)7-12(4)9-15/h11-12H,5-10,14H2,1-4H3. The van der Waals surface area contributed by atoms with E-state index in [2.05, 4.69) is 32.6 Å². The van der Waals surface area contributed by atoms with Crippen molar-refractivity contribution >= 4 is 0 Å². The Balaban J connectivity index is 2.74. The van der Waals surface area contributed by atoms with Crippen molar-refractivity contribution in [3.05, 3.63) is 0 Å². The van der Waals surface area contributed by atoms with Crippen molar-refractivity contribution in [3.63, 3.8) is 0 Å². The van der Waals surface area contributed by atoms with Gasteiger partial charge in [-0.3, -0.25) is 4.90 Å². The van der Waals surface area contributed by atoms with Gasteiger partial charge in [0, 0.05) is 25.2 Å². The molecular weight excluding hydrogens is 184 g/mol. The minimum atomic E-state index is 0.267. The molecule has 2 nitrogen and oxygen atoms in total. The molecule has 0 aromatic carbocycles. The van der Waals surface area contributed by atoms with E-state index < -0.39 is 0 Å². The number of hydrogen-bond acceptors (Lipinski definition) is 2. The van der Waals surface area contributed by atoms with Gasteiger partial charge in [-0.1, -0.05) is 27.7 Å². The summed E-state index contributed by atoms with van der Waals surface area (Å²) in [5.74, 6) is 1.66. The van der Waals surface area contributed by atoms with Crippen molar-refractivity contribution in [2.24, 2.45) is 17.6 Å². The first-order valence-corrected chi connectivity index (χ1v) is 6.53. The van der Waals surface area contributed by atoms with Crippen LogP contribution < -0.4 is 5.73 Å². The molecule has 2 atom stereocenters. The lowest BCUT2D eigenvalue weighted by molar-refractivity contribution is 0.0233. The topological polar surface area (TPSA) is 29.3 Å². The molecule has 0 saturated carbocycles. The monoisotopic (exact) mass is 212 g/mol. The molecule has 1 rings (SSSR count). The third kappa shape index (κ3) is 2.73. The van der Waals surface area contributed by atoms with E-state index in [1.807, 2.05) is 0 Å². The minimum Gasteiger partial charge on any atom is -0.329 e. The predicted octanol–water partition coefficient (Wildman–Crippen LogP) is 2.48. The van der Waals surface area contributed by atoms with Gasteiger partial charge in [0.2, 0.25) is 0 Å². The Morgan fingerprint density at radius 2 is 1.60 bits per heavy atom. The van der Waals surface area contributed by atoms with Crippen molar-refractivity contribution in [2.45, 2.75) is 52.5 Å². The molecule has 1 aliphatic heterocycles. The third-order valence-corrected chi connectivity index (χ3v) is 4.24. The molecule has 0 bridgehead atoms. The molecule has 0 radical (unpaired) electrons. The number of likely N-dealkylation sites (tertiary alicyclic amines) is 1. The molecule has 0 aliphatic carbocycles. The SMILES string of the molecule is CCC(CC)(CN)N1CC(C)CC(C)C1. The number of hydrogen-bond donors (Lipinski definition) is 1. The van der Waals surface area contributed by atoms with Crippen molar-refractivity contribution in [1.29, 1.82) is 0 Å². The van der Waals surface area contributed by atoms with Crippen LogP contribution >= 0.6 is 0 Å². The zero-order valence-corrected chi connectivity index (χ0v) is 10.9. The van der Waals surface area contributed by atoms with Crippen molar-refractivity contribution < 1.29 is 0 Å². The smallest absolute Gasteiger partial charge is 0.0326 e. The van der Waals surface area contributed by atoms with Crippen LogP contribution in [0.3, 0.4) is 0 Å². The summed E-state index contributed by atoms with van der Waals surface area (Å²) in [7, 11) is 0. The minimum absolute atomic E-state index is 0.267. The van der Waals surface area contributed by atoms with Crippen LogP contribution in [0, 0.1) is 11.8 Å². The molecule has 1 fully saturated rings.